The molecule has 1 heterocycles. The Kier molecular flexibility index (Phi) is 3.73. The minimum atomic E-state index is -0.214. The molecule has 110 valence electrons. The van der Waals surface area contributed by atoms with Crippen LogP contribution in [0.3, 0.4) is 0 Å². The molecular weight excluding hydrogens is 269 g/mol. The van der Waals surface area contributed by atoms with E-state index < -0.39 is 0 Å². The molecule has 1 aromatic carbocycles. The summed E-state index contributed by atoms with van der Waals surface area (Å²) in [5.74, 6) is 1.51. The van der Waals surface area contributed by atoms with Gasteiger partial charge < -0.3 is 9.64 Å². The smallest absolute Gasteiger partial charge is 0.228 e. The highest BCUT2D eigenvalue weighted by atomic mass is 19.1. The van der Waals surface area contributed by atoms with E-state index in [1.165, 1.54) is 25.0 Å². The maximum Gasteiger partial charge on any atom is 0.228 e. The number of benzene rings is 1. The molecule has 1 unspecified atom stereocenters. The topological polar surface area (TPSA) is 38.2 Å². The van der Waals surface area contributed by atoms with Crippen molar-refractivity contribution in [3.63, 3.8) is 0 Å². The molecular formula is C16H18FN3O. The van der Waals surface area contributed by atoms with Crippen LogP contribution in [-0.2, 0) is 0 Å². The standard InChI is InChI=1S/C16H18FN3O/c1-20(16-18-10-9-14(19-16)21-2)15(11-3-4-11)12-5-7-13(17)8-6-12/h5-11,15H,3-4H2,1-2H3. The van der Waals surface area contributed by atoms with Crippen LogP contribution in [0.5, 0.6) is 5.88 Å². The number of methoxy groups -OCH3 is 1. The highest BCUT2D eigenvalue weighted by molar-refractivity contribution is 5.38. The molecule has 1 aromatic heterocycles. The third-order valence-electron chi connectivity index (χ3n) is 3.84. The van der Waals surface area contributed by atoms with E-state index in [1.807, 2.05) is 24.1 Å². The van der Waals surface area contributed by atoms with Crippen LogP contribution in [0.15, 0.2) is 36.5 Å². The molecule has 1 saturated carbocycles. The SMILES string of the molecule is COc1ccnc(N(C)C(c2ccc(F)cc2)C2CC2)n1. The van der Waals surface area contributed by atoms with Gasteiger partial charge in [-0.25, -0.2) is 9.37 Å². The van der Waals surface area contributed by atoms with E-state index in [1.54, 1.807) is 19.4 Å². The summed E-state index contributed by atoms with van der Waals surface area (Å²) in [6.45, 7) is 0. The number of rotatable bonds is 5. The number of aromatic nitrogens is 2. The maximum absolute atomic E-state index is 13.1. The van der Waals surface area contributed by atoms with Crippen LogP contribution < -0.4 is 9.64 Å². The molecule has 1 aliphatic carbocycles. The third-order valence-corrected chi connectivity index (χ3v) is 3.84. The van der Waals surface area contributed by atoms with Crippen LogP contribution in [0.4, 0.5) is 10.3 Å². The Labute approximate surface area is 123 Å². The first kappa shape index (κ1) is 13.8. The summed E-state index contributed by atoms with van der Waals surface area (Å²) in [4.78, 5) is 10.8. The molecule has 0 saturated heterocycles. The Hall–Kier alpha value is -2.17. The van der Waals surface area contributed by atoms with Crippen molar-refractivity contribution in [2.45, 2.75) is 18.9 Å². The minimum Gasteiger partial charge on any atom is -0.481 e. The van der Waals surface area contributed by atoms with Gasteiger partial charge in [-0.1, -0.05) is 12.1 Å². The summed E-state index contributed by atoms with van der Waals surface area (Å²) in [6, 6.07) is 8.58. The number of nitrogens with zero attached hydrogens (tertiary/aromatic N) is 3. The van der Waals surface area contributed by atoms with E-state index in [4.69, 9.17) is 4.74 Å². The number of ether oxygens (including phenoxy) is 1. The predicted molar refractivity (Wildman–Crippen MR) is 78.9 cm³/mol. The van der Waals surface area contributed by atoms with Crippen LogP contribution in [0.1, 0.15) is 24.4 Å². The Morgan fingerprint density at radius 2 is 1.95 bits per heavy atom. The first-order valence-electron chi connectivity index (χ1n) is 7.04. The molecule has 0 radical (unpaired) electrons. The van der Waals surface area contributed by atoms with Gasteiger partial charge in [0.2, 0.25) is 11.8 Å². The normalized spacial score (nSPS) is 15.6. The van der Waals surface area contributed by atoms with Gasteiger partial charge in [0, 0.05) is 19.3 Å². The molecule has 0 aliphatic heterocycles. The largest absolute Gasteiger partial charge is 0.481 e. The lowest BCUT2D eigenvalue weighted by molar-refractivity contribution is 0.396. The quantitative estimate of drug-likeness (QED) is 0.846. The van der Waals surface area contributed by atoms with Crippen molar-refractivity contribution >= 4 is 5.95 Å². The van der Waals surface area contributed by atoms with Crippen LogP contribution in [-0.4, -0.2) is 24.1 Å². The molecule has 1 atom stereocenters. The van der Waals surface area contributed by atoms with E-state index in [0.29, 0.717) is 17.7 Å². The van der Waals surface area contributed by atoms with E-state index in [0.717, 1.165) is 5.56 Å². The van der Waals surface area contributed by atoms with Gasteiger partial charge in [0.1, 0.15) is 5.82 Å². The molecule has 5 heteroatoms. The van der Waals surface area contributed by atoms with Crippen molar-refractivity contribution in [1.82, 2.24) is 9.97 Å². The van der Waals surface area contributed by atoms with Crippen molar-refractivity contribution in [3.8, 4) is 5.88 Å². The van der Waals surface area contributed by atoms with E-state index in [2.05, 4.69) is 9.97 Å². The zero-order chi connectivity index (χ0) is 14.8. The first-order chi connectivity index (χ1) is 10.2. The highest BCUT2D eigenvalue weighted by Crippen LogP contribution is 2.44. The average molecular weight is 287 g/mol. The van der Waals surface area contributed by atoms with E-state index >= 15 is 0 Å². The van der Waals surface area contributed by atoms with Gasteiger partial charge in [-0.3, -0.25) is 0 Å². The van der Waals surface area contributed by atoms with Gasteiger partial charge in [-0.2, -0.15) is 4.98 Å². The van der Waals surface area contributed by atoms with Crippen molar-refractivity contribution in [1.29, 1.82) is 0 Å². The number of hydrogen-bond acceptors (Lipinski definition) is 4. The van der Waals surface area contributed by atoms with Gasteiger partial charge in [0.25, 0.3) is 0 Å². The van der Waals surface area contributed by atoms with E-state index in [-0.39, 0.29) is 11.9 Å². The second-order valence-electron chi connectivity index (χ2n) is 5.34. The molecule has 0 spiro atoms. The molecule has 1 fully saturated rings. The summed E-state index contributed by atoms with van der Waals surface area (Å²) >= 11 is 0. The summed E-state index contributed by atoms with van der Waals surface area (Å²) < 4.78 is 18.3. The van der Waals surface area contributed by atoms with Crippen molar-refractivity contribution in [3.05, 3.63) is 47.9 Å². The second kappa shape index (κ2) is 5.68. The molecule has 0 N–H and O–H groups in total. The maximum atomic E-state index is 13.1. The number of hydrogen-bond donors (Lipinski definition) is 0. The minimum absolute atomic E-state index is 0.165. The lowest BCUT2D eigenvalue weighted by Crippen LogP contribution is -2.27. The summed E-state index contributed by atoms with van der Waals surface area (Å²) in [5.41, 5.74) is 1.09. The lowest BCUT2D eigenvalue weighted by atomic mass is 10.0. The predicted octanol–water partition coefficient (Wildman–Crippen LogP) is 3.21. The van der Waals surface area contributed by atoms with Gasteiger partial charge in [-0.05, 0) is 36.5 Å². The molecule has 1 aliphatic rings. The number of anilines is 1. The molecule has 21 heavy (non-hydrogen) atoms. The molecule has 2 aromatic rings. The Bertz CT molecular complexity index is 613. The summed E-state index contributed by atoms with van der Waals surface area (Å²) in [7, 11) is 3.56. The van der Waals surface area contributed by atoms with Crippen molar-refractivity contribution < 1.29 is 9.13 Å². The molecule has 3 rings (SSSR count). The lowest BCUT2D eigenvalue weighted by Gasteiger charge is -2.28. The zero-order valence-corrected chi connectivity index (χ0v) is 12.2. The van der Waals surface area contributed by atoms with Gasteiger partial charge in [0.05, 0.1) is 13.2 Å². The first-order valence-corrected chi connectivity index (χ1v) is 7.04. The Balaban J connectivity index is 1.91. The van der Waals surface area contributed by atoms with Crippen LogP contribution in [0, 0.1) is 11.7 Å². The fourth-order valence-corrected chi connectivity index (χ4v) is 2.62. The Morgan fingerprint density at radius 3 is 2.57 bits per heavy atom. The van der Waals surface area contributed by atoms with E-state index in [9.17, 15) is 4.39 Å². The summed E-state index contributed by atoms with van der Waals surface area (Å²) in [5, 5.41) is 0. The molecule has 0 amide bonds. The fourth-order valence-electron chi connectivity index (χ4n) is 2.62. The monoisotopic (exact) mass is 287 g/mol. The van der Waals surface area contributed by atoms with Gasteiger partial charge in [-0.15, -0.1) is 0 Å². The van der Waals surface area contributed by atoms with Crippen molar-refractivity contribution in [2.75, 3.05) is 19.1 Å². The number of halogens is 1. The van der Waals surface area contributed by atoms with Gasteiger partial charge >= 0.3 is 0 Å². The third kappa shape index (κ3) is 2.96. The zero-order valence-electron chi connectivity index (χ0n) is 12.2. The molecule has 4 nitrogen and oxygen atoms in total. The highest BCUT2D eigenvalue weighted by Gasteiger charge is 2.36. The van der Waals surface area contributed by atoms with Crippen LogP contribution >= 0.6 is 0 Å². The molecule has 0 bridgehead atoms. The fraction of sp³-hybridized carbons (Fsp3) is 0.375. The Morgan fingerprint density at radius 1 is 1.24 bits per heavy atom. The summed E-state index contributed by atoms with van der Waals surface area (Å²) in [6.07, 6.45) is 4.04. The van der Waals surface area contributed by atoms with Crippen molar-refractivity contribution in [2.24, 2.45) is 5.92 Å². The van der Waals surface area contributed by atoms with Crippen LogP contribution in [0.25, 0.3) is 0 Å². The van der Waals surface area contributed by atoms with Crippen LogP contribution in [0.2, 0.25) is 0 Å². The average Bonchev–Trinajstić information content (AvgIpc) is 3.34. The van der Waals surface area contributed by atoms with Gasteiger partial charge in [0.15, 0.2) is 0 Å². The second-order valence-corrected chi connectivity index (χ2v) is 5.34.